The summed E-state index contributed by atoms with van der Waals surface area (Å²) in [6, 6.07) is 6.38. The average molecular weight is 385 g/mol. The molecule has 0 spiro atoms. The molecule has 0 radical (unpaired) electrons. The van der Waals surface area contributed by atoms with Crippen LogP contribution in [0, 0.1) is 5.92 Å². The van der Waals surface area contributed by atoms with Gasteiger partial charge < -0.3 is 10.6 Å². The first-order chi connectivity index (χ1) is 11.8. The third-order valence-corrected chi connectivity index (χ3v) is 4.89. The fourth-order valence-electron chi connectivity index (χ4n) is 2.38. The van der Waals surface area contributed by atoms with E-state index in [0.717, 1.165) is 18.6 Å². The molecule has 0 unspecified atom stereocenters. The van der Waals surface area contributed by atoms with Gasteiger partial charge in [0.2, 0.25) is 5.91 Å². The Hall–Kier alpha value is -1.20. The second-order valence-electron chi connectivity index (χ2n) is 6.67. The third-order valence-electron chi connectivity index (χ3n) is 3.92. The largest absolute Gasteiger partial charge is 0.352 e. The van der Waals surface area contributed by atoms with Crippen molar-refractivity contribution in [1.29, 1.82) is 0 Å². The highest BCUT2D eigenvalue weighted by molar-refractivity contribution is 7.98. The van der Waals surface area contributed by atoms with Gasteiger partial charge in [0, 0.05) is 6.04 Å². The number of thioether (sulfide) groups is 1. The van der Waals surface area contributed by atoms with Crippen LogP contribution < -0.4 is 10.6 Å². The molecule has 140 valence electrons. The lowest BCUT2D eigenvalue weighted by atomic mass is 10.0. The van der Waals surface area contributed by atoms with Crippen molar-refractivity contribution in [1.82, 2.24) is 10.6 Å². The Morgan fingerprint density at radius 2 is 1.76 bits per heavy atom. The number of hydrogen-bond acceptors (Lipinski definition) is 3. The van der Waals surface area contributed by atoms with Gasteiger partial charge in [-0.3, -0.25) is 9.59 Å². The van der Waals surface area contributed by atoms with E-state index in [0.29, 0.717) is 22.9 Å². The molecule has 0 aromatic heterocycles. The molecule has 2 N–H and O–H groups in total. The minimum atomic E-state index is -0.558. The van der Waals surface area contributed by atoms with Crippen LogP contribution in [0.2, 0.25) is 5.02 Å². The lowest BCUT2D eigenvalue weighted by Crippen LogP contribution is -2.49. The molecule has 2 amide bonds. The van der Waals surface area contributed by atoms with E-state index in [1.54, 1.807) is 36.0 Å². The van der Waals surface area contributed by atoms with Gasteiger partial charge in [-0.05, 0) is 56.2 Å². The van der Waals surface area contributed by atoms with Crippen molar-refractivity contribution < 1.29 is 9.59 Å². The van der Waals surface area contributed by atoms with Gasteiger partial charge in [0.05, 0.1) is 10.6 Å². The van der Waals surface area contributed by atoms with E-state index >= 15 is 0 Å². The summed E-state index contributed by atoms with van der Waals surface area (Å²) in [6.07, 6.45) is 4.55. The zero-order valence-corrected chi connectivity index (χ0v) is 17.0. The monoisotopic (exact) mass is 384 g/mol. The van der Waals surface area contributed by atoms with Gasteiger partial charge in [-0.2, -0.15) is 11.8 Å². The van der Waals surface area contributed by atoms with E-state index < -0.39 is 6.04 Å². The van der Waals surface area contributed by atoms with Crippen molar-refractivity contribution in [3.63, 3.8) is 0 Å². The summed E-state index contributed by atoms with van der Waals surface area (Å²) in [4.78, 5) is 25.0. The van der Waals surface area contributed by atoms with Crippen LogP contribution in [0.25, 0.3) is 0 Å². The summed E-state index contributed by atoms with van der Waals surface area (Å²) < 4.78 is 0. The molecule has 0 saturated heterocycles. The van der Waals surface area contributed by atoms with Crippen LogP contribution in [0.15, 0.2) is 24.3 Å². The third kappa shape index (κ3) is 8.15. The highest BCUT2D eigenvalue weighted by Crippen LogP contribution is 2.15. The van der Waals surface area contributed by atoms with Gasteiger partial charge >= 0.3 is 0 Å². The fraction of sp³-hybridized carbons (Fsp3) is 0.579. The molecule has 0 heterocycles. The number of benzene rings is 1. The summed E-state index contributed by atoms with van der Waals surface area (Å²) >= 11 is 7.73. The number of rotatable bonds is 10. The van der Waals surface area contributed by atoms with Crippen molar-refractivity contribution >= 4 is 35.2 Å². The molecule has 25 heavy (non-hydrogen) atoms. The first-order valence-corrected chi connectivity index (χ1v) is 10.5. The molecule has 4 nitrogen and oxygen atoms in total. The predicted octanol–water partition coefficient (Wildman–Crippen LogP) is 4.13. The lowest BCUT2D eigenvalue weighted by Gasteiger charge is -2.22. The Balaban J connectivity index is 2.70. The summed E-state index contributed by atoms with van der Waals surface area (Å²) in [5.74, 6) is 0.945. The second-order valence-corrected chi connectivity index (χ2v) is 8.06. The van der Waals surface area contributed by atoms with Crippen LogP contribution >= 0.6 is 23.4 Å². The molecule has 1 rings (SSSR count). The summed E-state index contributed by atoms with van der Waals surface area (Å²) in [6.45, 7) is 6.33. The molecule has 1 aromatic rings. The van der Waals surface area contributed by atoms with Crippen LogP contribution in [0.1, 0.15) is 50.4 Å². The van der Waals surface area contributed by atoms with Crippen LogP contribution in [0.3, 0.4) is 0 Å². The molecule has 0 aliphatic carbocycles. The fourth-order valence-corrected chi connectivity index (χ4v) is 3.08. The number of carbonyl (C=O) groups excluding carboxylic acids is 2. The number of hydrogen-bond donors (Lipinski definition) is 2. The van der Waals surface area contributed by atoms with Crippen molar-refractivity contribution in [2.24, 2.45) is 5.92 Å². The van der Waals surface area contributed by atoms with Crippen LogP contribution in [0.4, 0.5) is 0 Å². The molecule has 0 saturated carbocycles. The Morgan fingerprint density at radius 3 is 2.36 bits per heavy atom. The molecule has 6 heteroatoms. The minimum Gasteiger partial charge on any atom is -0.352 e. The van der Waals surface area contributed by atoms with E-state index in [1.807, 2.05) is 13.2 Å². The Bertz CT molecular complexity index is 566. The topological polar surface area (TPSA) is 58.2 Å². The van der Waals surface area contributed by atoms with Gasteiger partial charge in [0.15, 0.2) is 0 Å². The first kappa shape index (κ1) is 21.8. The van der Waals surface area contributed by atoms with E-state index in [1.165, 1.54) is 0 Å². The van der Waals surface area contributed by atoms with E-state index in [4.69, 9.17) is 11.6 Å². The molecule has 2 atom stereocenters. The molecule has 0 bridgehead atoms. The van der Waals surface area contributed by atoms with Crippen molar-refractivity contribution in [2.75, 3.05) is 12.0 Å². The second kappa shape index (κ2) is 11.4. The van der Waals surface area contributed by atoms with Crippen molar-refractivity contribution in [2.45, 2.75) is 52.1 Å². The van der Waals surface area contributed by atoms with Crippen LogP contribution in [-0.4, -0.2) is 35.9 Å². The van der Waals surface area contributed by atoms with E-state index in [-0.39, 0.29) is 17.9 Å². The Kier molecular flexibility index (Phi) is 9.98. The molecule has 0 aliphatic rings. The van der Waals surface area contributed by atoms with Gasteiger partial charge in [-0.1, -0.05) is 37.6 Å². The van der Waals surface area contributed by atoms with Gasteiger partial charge in [-0.15, -0.1) is 0 Å². The van der Waals surface area contributed by atoms with Gasteiger partial charge in [-0.25, -0.2) is 0 Å². The molecular weight excluding hydrogens is 356 g/mol. The number of nitrogens with one attached hydrogen (secondary N) is 2. The van der Waals surface area contributed by atoms with E-state index in [2.05, 4.69) is 24.5 Å². The molecule has 1 aromatic carbocycles. The molecule has 0 fully saturated rings. The Morgan fingerprint density at radius 1 is 1.08 bits per heavy atom. The Labute approximate surface area is 160 Å². The van der Waals surface area contributed by atoms with Crippen molar-refractivity contribution in [3.8, 4) is 0 Å². The van der Waals surface area contributed by atoms with Crippen molar-refractivity contribution in [3.05, 3.63) is 34.9 Å². The maximum atomic E-state index is 12.6. The quantitative estimate of drug-likeness (QED) is 0.637. The van der Waals surface area contributed by atoms with Crippen LogP contribution in [0.5, 0.6) is 0 Å². The zero-order chi connectivity index (χ0) is 18.8. The SMILES string of the molecule is CSCC[C@@H](NC(=O)c1ccccc1Cl)C(=O)N[C@@H](C)CCC(C)C. The zero-order valence-electron chi connectivity index (χ0n) is 15.5. The average Bonchev–Trinajstić information content (AvgIpc) is 2.56. The summed E-state index contributed by atoms with van der Waals surface area (Å²) in [5, 5.41) is 6.23. The maximum Gasteiger partial charge on any atom is 0.253 e. The molecular formula is C19H29ClN2O2S. The highest BCUT2D eigenvalue weighted by atomic mass is 35.5. The smallest absolute Gasteiger partial charge is 0.253 e. The normalized spacial score (nSPS) is 13.4. The molecule has 0 aliphatic heterocycles. The number of carbonyl (C=O) groups is 2. The standard InChI is InChI=1S/C19H29ClN2O2S/c1-13(2)9-10-14(3)21-19(24)17(11-12-25-4)22-18(23)15-7-5-6-8-16(15)20/h5-8,13-14,17H,9-12H2,1-4H3,(H,21,24)(H,22,23)/t14-,17+/m0/s1. The van der Waals surface area contributed by atoms with E-state index in [9.17, 15) is 9.59 Å². The summed E-state index contributed by atoms with van der Waals surface area (Å²) in [5.41, 5.74) is 0.388. The highest BCUT2D eigenvalue weighted by Gasteiger charge is 2.23. The van der Waals surface area contributed by atoms with Gasteiger partial charge in [0.1, 0.15) is 6.04 Å². The lowest BCUT2D eigenvalue weighted by molar-refractivity contribution is -0.123. The number of halogens is 1. The first-order valence-electron chi connectivity index (χ1n) is 8.69. The van der Waals surface area contributed by atoms with Gasteiger partial charge in [0.25, 0.3) is 5.91 Å². The minimum absolute atomic E-state index is 0.0869. The maximum absolute atomic E-state index is 12.6. The predicted molar refractivity (Wildman–Crippen MR) is 107 cm³/mol. The summed E-state index contributed by atoms with van der Waals surface area (Å²) in [7, 11) is 0. The van der Waals surface area contributed by atoms with Crippen LogP contribution in [-0.2, 0) is 4.79 Å². The number of amides is 2.